The summed E-state index contributed by atoms with van der Waals surface area (Å²) < 4.78 is 6.12. The van der Waals surface area contributed by atoms with Crippen LogP contribution in [0.1, 0.15) is 5.56 Å². The first-order chi connectivity index (χ1) is 9.51. The Balaban J connectivity index is 2.42. The number of nitrogens with two attached hydrogens (primary N) is 1. The quantitative estimate of drug-likeness (QED) is 0.777. The number of nitrogens with one attached hydrogen (secondary N) is 1. The maximum absolute atomic E-state index is 5.97. The number of anilines is 2. The van der Waals surface area contributed by atoms with Crippen molar-refractivity contribution in [3.63, 3.8) is 0 Å². The lowest BCUT2D eigenvalue weighted by Gasteiger charge is -2.14. The summed E-state index contributed by atoms with van der Waals surface area (Å²) in [5.74, 6) is 0.751. The Hall–Kier alpha value is -1.30. The summed E-state index contributed by atoms with van der Waals surface area (Å²) in [5, 5.41) is 3.86. The number of thiocarbonyl (C=S) groups is 1. The summed E-state index contributed by atoms with van der Waals surface area (Å²) in [6, 6.07) is 11.0. The highest BCUT2D eigenvalue weighted by Crippen LogP contribution is 2.31. The van der Waals surface area contributed by atoms with E-state index in [4.69, 9.17) is 34.3 Å². The third-order valence-electron chi connectivity index (χ3n) is 2.69. The fourth-order valence-corrected chi connectivity index (χ4v) is 2.39. The van der Waals surface area contributed by atoms with Crippen molar-refractivity contribution in [3.05, 3.63) is 51.5 Å². The number of rotatable bonds is 4. The van der Waals surface area contributed by atoms with Crippen molar-refractivity contribution in [2.45, 2.75) is 0 Å². The topological polar surface area (TPSA) is 47.3 Å². The molecule has 3 N–H and O–H groups in total. The van der Waals surface area contributed by atoms with Gasteiger partial charge in [0, 0.05) is 26.8 Å². The predicted molar refractivity (Wildman–Crippen MR) is 91.3 cm³/mol. The number of hydrogen-bond acceptors (Lipinski definition) is 3. The highest BCUT2D eigenvalue weighted by atomic mass is 79.9. The summed E-state index contributed by atoms with van der Waals surface area (Å²) in [7, 11) is 1.62. The molecule has 0 radical (unpaired) electrons. The molecule has 0 saturated carbocycles. The Morgan fingerprint density at radius 1 is 1.25 bits per heavy atom. The van der Waals surface area contributed by atoms with Crippen LogP contribution in [-0.4, -0.2) is 12.1 Å². The maximum Gasteiger partial charge on any atom is 0.121 e. The zero-order chi connectivity index (χ0) is 14.7. The first-order valence-corrected chi connectivity index (χ1v) is 7.29. The summed E-state index contributed by atoms with van der Waals surface area (Å²) in [6.07, 6.45) is 0. The lowest BCUT2D eigenvalue weighted by Crippen LogP contribution is -2.12. The van der Waals surface area contributed by atoms with E-state index in [1.165, 1.54) is 0 Å². The standard InChI is InChI=1S/C14H12BrClN2OS/c1-19-9-3-4-11(15)13(7-9)18-12-5-2-8(16)6-10(12)14(17)20/h2-7,18H,1H3,(H2,17,20). The molecule has 3 nitrogen and oxygen atoms in total. The summed E-state index contributed by atoms with van der Waals surface area (Å²) in [4.78, 5) is 0.286. The van der Waals surface area contributed by atoms with Crippen molar-refractivity contribution in [2.24, 2.45) is 5.73 Å². The molecule has 2 rings (SSSR count). The molecular weight excluding hydrogens is 360 g/mol. The number of methoxy groups -OCH3 is 1. The van der Waals surface area contributed by atoms with Gasteiger partial charge in [0.05, 0.1) is 12.8 Å². The molecule has 0 aliphatic heterocycles. The Kier molecular flexibility index (Phi) is 4.86. The molecule has 104 valence electrons. The van der Waals surface area contributed by atoms with Crippen molar-refractivity contribution < 1.29 is 4.74 Å². The molecule has 0 aliphatic carbocycles. The molecule has 0 atom stereocenters. The second-order valence-electron chi connectivity index (χ2n) is 4.02. The number of benzene rings is 2. The summed E-state index contributed by atoms with van der Waals surface area (Å²) >= 11 is 14.5. The van der Waals surface area contributed by atoms with Crippen LogP contribution in [0.15, 0.2) is 40.9 Å². The Bertz CT molecular complexity index is 664. The highest BCUT2D eigenvalue weighted by Gasteiger charge is 2.09. The van der Waals surface area contributed by atoms with Gasteiger partial charge in [-0.25, -0.2) is 0 Å². The molecule has 0 amide bonds. The normalized spacial score (nSPS) is 10.2. The number of halogens is 2. The van der Waals surface area contributed by atoms with E-state index in [-0.39, 0.29) is 4.99 Å². The average Bonchev–Trinajstić information content (AvgIpc) is 2.42. The van der Waals surface area contributed by atoms with E-state index < -0.39 is 0 Å². The molecule has 0 saturated heterocycles. The average molecular weight is 372 g/mol. The van der Waals surface area contributed by atoms with E-state index in [0.29, 0.717) is 10.6 Å². The molecule has 0 heterocycles. The monoisotopic (exact) mass is 370 g/mol. The van der Waals surface area contributed by atoms with E-state index in [2.05, 4.69) is 21.2 Å². The summed E-state index contributed by atoms with van der Waals surface area (Å²) in [6.45, 7) is 0. The molecule has 0 aromatic heterocycles. The van der Waals surface area contributed by atoms with Crippen LogP contribution in [0.4, 0.5) is 11.4 Å². The van der Waals surface area contributed by atoms with Gasteiger partial charge in [0.2, 0.25) is 0 Å². The minimum absolute atomic E-state index is 0.286. The van der Waals surface area contributed by atoms with Crippen molar-refractivity contribution >= 4 is 56.1 Å². The molecule has 2 aromatic rings. The molecule has 20 heavy (non-hydrogen) atoms. The third-order valence-corrected chi connectivity index (χ3v) is 3.84. The highest BCUT2D eigenvalue weighted by molar-refractivity contribution is 9.10. The van der Waals surface area contributed by atoms with Crippen molar-refractivity contribution in [2.75, 3.05) is 12.4 Å². The molecule has 0 bridgehead atoms. The predicted octanol–water partition coefficient (Wildman–Crippen LogP) is 4.49. The van der Waals surface area contributed by atoms with Crippen LogP contribution in [0.25, 0.3) is 0 Å². The zero-order valence-corrected chi connectivity index (χ0v) is 13.8. The van der Waals surface area contributed by atoms with Crippen LogP contribution < -0.4 is 15.8 Å². The Labute approximate surface area is 136 Å². The van der Waals surface area contributed by atoms with Gasteiger partial charge in [-0.15, -0.1) is 0 Å². The van der Waals surface area contributed by atoms with Gasteiger partial charge < -0.3 is 15.8 Å². The first kappa shape index (κ1) is 15.1. The van der Waals surface area contributed by atoms with E-state index >= 15 is 0 Å². The molecule has 6 heteroatoms. The van der Waals surface area contributed by atoms with E-state index in [1.807, 2.05) is 24.3 Å². The molecule has 0 spiro atoms. The maximum atomic E-state index is 5.97. The van der Waals surface area contributed by atoms with Gasteiger partial charge in [-0.3, -0.25) is 0 Å². The van der Waals surface area contributed by atoms with Gasteiger partial charge >= 0.3 is 0 Å². The van der Waals surface area contributed by atoms with Crippen LogP contribution in [-0.2, 0) is 0 Å². The summed E-state index contributed by atoms with van der Waals surface area (Å²) in [5.41, 5.74) is 8.06. The van der Waals surface area contributed by atoms with Gasteiger partial charge in [0.1, 0.15) is 10.7 Å². The molecular formula is C14H12BrClN2OS. The molecule has 0 unspecified atom stereocenters. The van der Waals surface area contributed by atoms with Crippen molar-refractivity contribution in [3.8, 4) is 5.75 Å². The van der Waals surface area contributed by atoms with Crippen LogP contribution in [0.2, 0.25) is 5.02 Å². The lowest BCUT2D eigenvalue weighted by atomic mass is 10.1. The van der Waals surface area contributed by atoms with Crippen molar-refractivity contribution in [1.29, 1.82) is 0 Å². The second-order valence-corrected chi connectivity index (χ2v) is 5.76. The van der Waals surface area contributed by atoms with Crippen LogP contribution in [0.3, 0.4) is 0 Å². The first-order valence-electron chi connectivity index (χ1n) is 5.71. The minimum Gasteiger partial charge on any atom is -0.497 e. The van der Waals surface area contributed by atoms with Gasteiger partial charge in [0.15, 0.2) is 0 Å². The van der Waals surface area contributed by atoms with Gasteiger partial charge in [-0.1, -0.05) is 23.8 Å². The SMILES string of the molecule is COc1ccc(Br)c(Nc2ccc(Cl)cc2C(N)=S)c1. The van der Waals surface area contributed by atoms with Gasteiger partial charge in [-0.2, -0.15) is 0 Å². The van der Waals surface area contributed by atoms with Crippen molar-refractivity contribution in [1.82, 2.24) is 0 Å². The number of ether oxygens (including phenoxy) is 1. The second kappa shape index (κ2) is 6.43. The van der Waals surface area contributed by atoms with E-state index in [0.717, 1.165) is 21.6 Å². The van der Waals surface area contributed by atoms with Crippen LogP contribution >= 0.6 is 39.7 Å². The van der Waals surface area contributed by atoms with Crippen LogP contribution in [0.5, 0.6) is 5.75 Å². The Morgan fingerprint density at radius 3 is 2.65 bits per heavy atom. The van der Waals surface area contributed by atoms with E-state index in [1.54, 1.807) is 19.2 Å². The molecule has 0 aliphatic rings. The van der Waals surface area contributed by atoms with E-state index in [9.17, 15) is 0 Å². The zero-order valence-electron chi connectivity index (χ0n) is 10.6. The number of hydrogen-bond donors (Lipinski definition) is 2. The van der Waals surface area contributed by atoms with Crippen LogP contribution in [0, 0.1) is 0 Å². The smallest absolute Gasteiger partial charge is 0.121 e. The minimum atomic E-state index is 0.286. The fourth-order valence-electron chi connectivity index (χ4n) is 1.70. The molecule has 0 fully saturated rings. The van der Waals surface area contributed by atoms with Gasteiger partial charge in [-0.05, 0) is 46.3 Å². The lowest BCUT2D eigenvalue weighted by molar-refractivity contribution is 0.415. The van der Waals surface area contributed by atoms with Gasteiger partial charge in [0.25, 0.3) is 0 Å². The third kappa shape index (κ3) is 3.42. The Morgan fingerprint density at radius 2 is 2.00 bits per heavy atom. The largest absolute Gasteiger partial charge is 0.497 e. The molecule has 2 aromatic carbocycles. The fraction of sp³-hybridized carbons (Fsp3) is 0.0714.